The van der Waals surface area contributed by atoms with Crippen LogP contribution in [0.5, 0.6) is 11.5 Å². The van der Waals surface area contributed by atoms with Gasteiger partial charge >= 0.3 is 0 Å². The fraction of sp³-hybridized carbons (Fsp3) is 0.417. The Kier molecular flexibility index (Phi) is 5.69. The Hall–Kier alpha value is -1.36. The summed E-state index contributed by atoms with van der Waals surface area (Å²) < 4.78 is 10.7. The first kappa shape index (κ1) is 13.7. The van der Waals surface area contributed by atoms with Crippen LogP contribution in [0.1, 0.15) is 12.0 Å². The fourth-order valence-corrected chi connectivity index (χ4v) is 1.73. The minimum atomic E-state index is 0.0119. The first-order valence-corrected chi connectivity index (χ1v) is 6.72. The maximum atomic E-state index is 7.41. The third-order valence-corrected chi connectivity index (χ3v) is 2.89. The topological polar surface area (TPSA) is 68.3 Å². The minimum Gasteiger partial charge on any atom is -0.497 e. The number of thioether (sulfide) groups is 1. The number of amidine groups is 1. The Morgan fingerprint density at radius 2 is 2.06 bits per heavy atom. The number of ether oxygens (including phenoxy) is 2. The summed E-state index contributed by atoms with van der Waals surface area (Å²) >= 11 is 1.79. The molecular weight excluding hydrogens is 236 g/mol. The lowest BCUT2D eigenvalue weighted by Gasteiger charge is -2.09. The second-order valence-electron chi connectivity index (χ2n) is 3.51. The molecule has 0 bridgehead atoms. The Morgan fingerprint density at radius 3 is 2.65 bits per heavy atom. The van der Waals surface area contributed by atoms with Crippen LogP contribution in [0.2, 0.25) is 0 Å². The molecule has 0 aromatic heterocycles. The summed E-state index contributed by atoms with van der Waals surface area (Å²) in [6, 6.07) is 5.27. The van der Waals surface area contributed by atoms with E-state index in [1.54, 1.807) is 37.1 Å². The number of nitrogen functional groups attached to an aromatic ring is 1. The Morgan fingerprint density at radius 1 is 1.35 bits per heavy atom. The van der Waals surface area contributed by atoms with E-state index in [1.165, 1.54) is 0 Å². The molecule has 0 saturated heterocycles. The molecule has 0 unspecified atom stereocenters. The molecule has 1 aromatic carbocycles. The number of hydrogen-bond acceptors (Lipinski definition) is 4. The van der Waals surface area contributed by atoms with Crippen LogP contribution >= 0.6 is 11.8 Å². The van der Waals surface area contributed by atoms with Crippen molar-refractivity contribution in [3.63, 3.8) is 0 Å². The zero-order valence-electron chi connectivity index (χ0n) is 10.2. The molecule has 0 spiro atoms. The van der Waals surface area contributed by atoms with Gasteiger partial charge in [0.2, 0.25) is 0 Å². The first-order valence-electron chi connectivity index (χ1n) is 5.32. The molecule has 3 N–H and O–H groups in total. The lowest BCUT2D eigenvalue weighted by molar-refractivity contribution is 0.316. The predicted octanol–water partition coefficient (Wildman–Crippen LogP) is 2.11. The van der Waals surface area contributed by atoms with Crippen LogP contribution in [0.4, 0.5) is 0 Å². The highest BCUT2D eigenvalue weighted by atomic mass is 32.2. The predicted molar refractivity (Wildman–Crippen MR) is 72.5 cm³/mol. The highest BCUT2D eigenvalue weighted by Crippen LogP contribution is 2.22. The van der Waals surface area contributed by atoms with Crippen LogP contribution in [0.25, 0.3) is 0 Å². The molecule has 17 heavy (non-hydrogen) atoms. The number of methoxy groups -OCH3 is 1. The Balaban J connectivity index is 2.70. The number of hydrogen-bond donors (Lipinski definition) is 2. The number of benzene rings is 1. The van der Waals surface area contributed by atoms with Gasteiger partial charge in [0.05, 0.1) is 13.7 Å². The van der Waals surface area contributed by atoms with Crippen LogP contribution in [0.15, 0.2) is 18.2 Å². The summed E-state index contributed by atoms with van der Waals surface area (Å²) in [6.45, 7) is 0.658. The summed E-state index contributed by atoms with van der Waals surface area (Å²) in [5, 5.41) is 7.41. The van der Waals surface area contributed by atoms with E-state index in [0.717, 1.165) is 12.2 Å². The van der Waals surface area contributed by atoms with Crippen molar-refractivity contribution in [2.45, 2.75) is 6.42 Å². The zero-order valence-corrected chi connectivity index (χ0v) is 11.0. The zero-order chi connectivity index (χ0) is 12.7. The van der Waals surface area contributed by atoms with E-state index in [4.69, 9.17) is 20.6 Å². The van der Waals surface area contributed by atoms with Crippen LogP contribution in [0, 0.1) is 5.41 Å². The third kappa shape index (κ3) is 4.56. The molecule has 0 saturated carbocycles. The maximum Gasteiger partial charge on any atom is 0.123 e. The van der Waals surface area contributed by atoms with Gasteiger partial charge in [-0.15, -0.1) is 0 Å². The van der Waals surface area contributed by atoms with Crippen LogP contribution < -0.4 is 15.2 Å². The molecule has 1 aromatic rings. The lowest BCUT2D eigenvalue weighted by atomic mass is 10.2. The molecule has 0 aliphatic heterocycles. The van der Waals surface area contributed by atoms with Gasteiger partial charge in [-0.1, -0.05) is 0 Å². The average Bonchev–Trinajstić information content (AvgIpc) is 2.34. The number of nitrogens with one attached hydrogen (secondary N) is 1. The second kappa shape index (κ2) is 7.06. The highest BCUT2D eigenvalue weighted by Gasteiger charge is 2.04. The molecule has 0 radical (unpaired) electrons. The van der Waals surface area contributed by atoms with Gasteiger partial charge in [-0.3, -0.25) is 5.41 Å². The van der Waals surface area contributed by atoms with Gasteiger partial charge in [-0.05, 0) is 30.6 Å². The number of nitrogens with two attached hydrogens (primary N) is 1. The van der Waals surface area contributed by atoms with E-state index in [-0.39, 0.29) is 5.84 Å². The van der Waals surface area contributed by atoms with E-state index in [1.807, 2.05) is 0 Å². The summed E-state index contributed by atoms with van der Waals surface area (Å²) in [5.74, 6) is 2.43. The molecule has 0 amide bonds. The maximum absolute atomic E-state index is 7.41. The molecule has 0 heterocycles. The highest BCUT2D eigenvalue weighted by molar-refractivity contribution is 7.98. The lowest BCUT2D eigenvalue weighted by Crippen LogP contribution is -2.11. The monoisotopic (exact) mass is 254 g/mol. The SMILES string of the molecule is COc1cc(OCCCSC)cc(C(=N)N)c1. The average molecular weight is 254 g/mol. The standard InChI is InChI=1S/C12H18N2O2S/c1-15-10-6-9(12(13)14)7-11(8-10)16-4-3-5-17-2/h6-8H,3-5H2,1-2H3,(H3,13,14). The third-order valence-electron chi connectivity index (χ3n) is 2.19. The second-order valence-corrected chi connectivity index (χ2v) is 4.49. The quantitative estimate of drug-likeness (QED) is 0.444. The van der Waals surface area contributed by atoms with Gasteiger partial charge in [0, 0.05) is 11.6 Å². The molecular formula is C12H18N2O2S. The van der Waals surface area contributed by atoms with Crippen molar-refractivity contribution in [3.05, 3.63) is 23.8 Å². The molecule has 0 fully saturated rings. The van der Waals surface area contributed by atoms with Crippen molar-refractivity contribution in [1.82, 2.24) is 0 Å². The van der Waals surface area contributed by atoms with Gasteiger partial charge in [0.15, 0.2) is 0 Å². The molecule has 0 aliphatic carbocycles. The molecule has 1 rings (SSSR count). The van der Waals surface area contributed by atoms with Gasteiger partial charge in [-0.2, -0.15) is 11.8 Å². The van der Waals surface area contributed by atoms with Gasteiger partial charge in [0.1, 0.15) is 17.3 Å². The normalized spacial score (nSPS) is 10.0. The number of rotatable bonds is 7. The minimum absolute atomic E-state index is 0.0119. The van der Waals surface area contributed by atoms with Crippen molar-refractivity contribution in [2.75, 3.05) is 25.7 Å². The fourth-order valence-electron chi connectivity index (χ4n) is 1.32. The van der Waals surface area contributed by atoms with E-state index in [2.05, 4.69) is 6.26 Å². The largest absolute Gasteiger partial charge is 0.497 e. The molecule has 0 atom stereocenters. The smallest absolute Gasteiger partial charge is 0.123 e. The van der Waals surface area contributed by atoms with Crippen molar-refractivity contribution in [3.8, 4) is 11.5 Å². The summed E-state index contributed by atoms with van der Waals surface area (Å²) in [7, 11) is 1.58. The van der Waals surface area contributed by atoms with Gasteiger partial charge < -0.3 is 15.2 Å². The van der Waals surface area contributed by atoms with E-state index in [0.29, 0.717) is 23.7 Å². The van der Waals surface area contributed by atoms with Gasteiger partial charge in [0.25, 0.3) is 0 Å². The van der Waals surface area contributed by atoms with E-state index in [9.17, 15) is 0 Å². The molecule has 94 valence electrons. The Bertz CT molecular complexity index is 383. The molecule has 4 nitrogen and oxygen atoms in total. The summed E-state index contributed by atoms with van der Waals surface area (Å²) in [4.78, 5) is 0. The first-order chi connectivity index (χ1) is 8.17. The van der Waals surface area contributed by atoms with Crippen LogP contribution in [-0.2, 0) is 0 Å². The van der Waals surface area contributed by atoms with Crippen molar-refractivity contribution in [2.24, 2.45) is 5.73 Å². The van der Waals surface area contributed by atoms with Crippen LogP contribution in [-0.4, -0.2) is 31.6 Å². The summed E-state index contributed by atoms with van der Waals surface area (Å²) in [6.07, 6.45) is 3.06. The van der Waals surface area contributed by atoms with E-state index >= 15 is 0 Å². The van der Waals surface area contributed by atoms with Crippen molar-refractivity contribution >= 4 is 17.6 Å². The van der Waals surface area contributed by atoms with Crippen molar-refractivity contribution in [1.29, 1.82) is 5.41 Å². The Labute approximate surface area is 106 Å². The van der Waals surface area contributed by atoms with E-state index < -0.39 is 0 Å². The van der Waals surface area contributed by atoms with Crippen LogP contribution in [0.3, 0.4) is 0 Å². The molecule has 0 aliphatic rings. The molecule has 5 heteroatoms. The summed E-state index contributed by atoms with van der Waals surface area (Å²) in [5.41, 5.74) is 6.07. The van der Waals surface area contributed by atoms with Gasteiger partial charge in [-0.25, -0.2) is 0 Å². The van der Waals surface area contributed by atoms with Crippen molar-refractivity contribution < 1.29 is 9.47 Å².